The molecular weight excluding hydrogens is 236 g/mol. The van der Waals surface area contributed by atoms with Crippen LogP contribution in [-0.2, 0) is 0 Å². The van der Waals surface area contributed by atoms with Gasteiger partial charge in [0.05, 0.1) is 8.07 Å². The van der Waals surface area contributed by atoms with Gasteiger partial charge in [-0.1, -0.05) is 65.1 Å². The van der Waals surface area contributed by atoms with Crippen molar-refractivity contribution in [2.45, 2.75) is 90.1 Å². The molecule has 0 aliphatic heterocycles. The van der Waals surface area contributed by atoms with Crippen molar-refractivity contribution in [3.05, 3.63) is 0 Å². The topological polar surface area (TPSA) is 20.2 Å². The quantitative estimate of drug-likeness (QED) is 0.380. The summed E-state index contributed by atoms with van der Waals surface area (Å²) in [4.78, 5) is 0. The lowest BCUT2D eigenvalue weighted by Gasteiger charge is -2.23. The van der Waals surface area contributed by atoms with Gasteiger partial charge in [0.25, 0.3) is 0 Å². The van der Waals surface area contributed by atoms with Gasteiger partial charge in [-0.15, -0.1) is 5.92 Å². The van der Waals surface area contributed by atoms with Crippen LogP contribution in [0.15, 0.2) is 0 Å². The molecule has 0 radical (unpaired) electrons. The Labute approximate surface area is 115 Å². The maximum atomic E-state index is 9.87. The van der Waals surface area contributed by atoms with Gasteiger partial charge < -0.3 is 5.11 Å². The summed E-state index contributed by atoms with van der Waals surface area (Å²) in [6, 6.07) is 0. The molecule has 2 unspecified atom stereocenters. The predicted octanol–water partition coefficient (Wildman–Crippen LogP) is 4.83. The summed E-state index contributed by atoms with van der Waals surface area (Å²) in [6.07, 6.45) is 7.66. The van der Waals surface area contributed by atoms with E-state index in [-0.39, 0.29) is 0 Å². The summed E-state index contributed by atoms with van der Waals surface area (Å²) < 4.78 is 0. The van der Waals surface area contributed by atoms with Crippen molar-refractivity contribution < 1.29 is 5.11 Å². The lowest BCUT2D eigenvalue weighted by molar-refractivity contribution is 0.217. The highest BCUT2D eigenvalue weighted by molar-refractivity contribution is 6.78. The average Bonchev–Trinajstić information content (AvgIpc) is 2.28. The Morgan fingerprint density at radius 3 is 2.06 bits per heavy atom. The Morgan fingerprint density at radius 1 is 0.889 bits per heavy atom. The third-order valence-corrected chi connectivity index (χ3v) is 5.90. The Morgan fingerprint density at radius 2 is 1.56 bits per heavy atom. The Hall–Kier alpha value is -0.263. The van der Waals surface area contributed by atoms with E-state index in [1.807, 2.05) is 0 Å². The molecule has 0 saturated carbocycles. The Balaban J connectivity index is 4.16. The van der Waals surface area contributed by atoms with Crippen LogP contribution in [0.3, 0.4) is 0 Å². The normalized spacial score (nSPS) is 14.8. The van der Waals surface area contributed by atoms with E-state index in [4.69, 9.17) is 0 Å². The fraction of sp³-hybridized carbons (Fsp3) is 0.875. The van der Waals surface area contributed by atoms with E-state index in [2.05, 4.69) is 45.3 Å². The van der Waals surface area contributed by atoms with Crippen molar-refractivity contribution >= 4 is 8.07 Å². The molecule has 0 aromatic rings. The molecule has 18 heavy (non-hydrogen) atoms. The van der Waals surface area contributed by atoms with Gasteiger partial charge in [-0.05, 0) is 19.3 Å². The van der Waals surface area contributed by atoms with Gasteiger partial charge in [0.15, 0.2) is 0 Å². The second-order valence-electron chi connectivity index (χ2n) is 6.36. The number of hydrogen-bond acceptors (Lipinski definition) is 1. The molecular formula is C16H32OSi. The highest BCUT2D eigenvalue weighted by Gasteiger charge is 2.23. The standard InChI is InChI=1S/C16H32OSi/c1-6-8-9-10-12-15(17)13-14-16(11-7-2)18(3,4)5/h15-17H,6-12H2,1-5H3. The second kappa shape index (κ2) is 9.64. The highest BCUT2D eigenvalue weighted by atomic mass is 28.3. The fourth-order valence-corrected chi connectivity index (χ4v) is 3.71. The molecule has 0 rings (SSSR count). The SMILES string of the molecule is CCCCCCC(O)C#CC(CCC)[Si](C)(C)C. The van der Waals surface area contributed by atoms with E-state index in [1.54, 1.807) is 0 Å². The molecule has 0 spiro atoms. The Bertz CT molecular complexity index is 256. The Kier molecular flexibility index (Phi) is 9.50. The molecule has 0 bridgehead atoms. The van der Waals surface area contributed by atoms with E-state index < -0.39 is 14.2 Å². The molecule has 0 aromatic heterocycles. The van der Waals surface area contributed by atoms with Gasteiger partial charge in [-0.25, -0.2) is 0 Å². The number of aliphatic hydroxyl groups excluding tert-OH is 1. The van der Waals surface area contributed by atoms with E-state index in [9.17, 15) is 5.11 Å². The lowest BCUT2D eigenvalue weighted by atomic mass is 10.1. The molecule has 1 nitrogen and oxygen atoms in total. The number of aliphatic hydroxyl groups is 1. The first-order valence-electron chi connectivity index (χ1n) is 7.60. The molecule has 0 aliphatic rings. The van der Waals surface area contributed by atoms with E-state index >= 15 is 0 Å². The summed E-state index contributed by atoms with van der Waals surface area (Å²) in [6.45, 7) is 11.5. The fourth-order valence-electron chi connectivity index (χ4n) is 2.04. The van der Waals surface area contributed by atoms with E-state index in [0.717, 1.165) is 12.8 Å². The van der Waals surface area contributed by atoms with Crippen molar-refractivity contribution in [3.63, 3.8) is 0 Å². The second-order valence-corrected chi connectivity index (χ2v) is 11.8. The number of unbranched alkanes of at least 4 members (excludes halogenated alkanes) is 3. The van der Waals surface area contributed by atoms with Crippen molar-refractivity contribution in [1.29, 1.82) is 0 Å². The maximum absolute atomic E-state index is 9.87. The van der Waals surface area contributed by atoms with Gasteiger partial charge >= 0.3 is 0 Å². The molecule has 2 atom stereocenters. The first-order chi connectivity index (χ1) is 8.41. The zero-order chi connectivity index (χ0) is 14.0. The predicted molar refractivity (Wildman–Crippen MR) is 84.5 cm³/mol. The van der Waals surface area contributed by atoms with Crippen LogP contribution >= 0.6 is 0 Å². The van der Waals surface area contributed by atoms with Crippen LogP contribution in [0.25, 0.3) is 0 Å². The van der Waals surface area contributed by atoms with Crippen LogP contribution in [0.5, 0.6) is 0 Å². The summed E-state index contributed by atoms with van der Waals surface area (Å²) >= 11 is 0. The minimum absolute atomic E-state index is 0.405. The summed E-state index contributed by atoms with van der Waals surface area (Å²) in [7, 11) is -1.20. The van der Waals surface area contributed by atoms with Crippen LogP contribution in [0.2, 0.25) is 25.2 Å². The van der Waals surface area contributed by atoms with Crippen LogP contribution < -0.4 is 0 Å². The van der Waals surface area contributed by atoms with Crippen LogP contribution in [-0.4, -0.2) is 19.3 Å². The van der Waals surface area contributed by atoms with Gasteiger partial charge in [0.1, 0.15) is 6.10 Å². The molecule has 0 aromatic carbocycles. The zero-order valence-electron chi connectivity index (χ0n) is 13.1. The van der Waals surface area contributed by atoms with Gasteiger partial charge in [-0.2, -0.15) is 0 Å². The molecule has 0 fully saturated rings. The monoisotopic (exact) mass is 268 g/mol. The third-order valence-electron chi connectivity index (χ3n) is 3.38. The molecule has 0 aliphatic carbocycles. The zero-order valence-corrected chi connectivity index (χ0v) is 14.1. The molecule has 2 heteroatoms. The minimum atomic E-state index is -1.20. The van der Waals surface area contributed by atoms with Gasteiger partial charge in [-0.3, -0.25) is 0 Å². The van der Waals surface area contributed by atoms with Crippen LogP contribution in [0.1, 0.15) is 58.8 Å². The molecule has 106 valence electrons. The van der Waals surface area contributed by atoms with Crippen LogP contribution in [0.4, 0.5) is 0 Å². The van der Waals surface area contributed by atoms with Crippen molar-refractivity contribution in [3.8, 4) is 11.8 Å². The van der Waals surface area contributed by atoms with Gasteiger partial charge in [0.2, 0.25) is 0 Å². The first-order valence-corrected chi connectivity index (χ1v) is 11.2. The van der Waals surface area contributed by atoms with Gasteiger partial charge in [0, 0.05) is 5.54 Å². The highest BCUT2D eigenvalue weighted by Crippen LogP contribution is 2.25. The molecule has 0 amide bonds. The van der Waals surface area contributed by atoms with E-state index in [1.165, 1.54) is 32.1 Å². The third kappa shape index (κ3) is 8.77. The molecule has 0 saturated heterocycles. The average molecular weight is 269 g/mol. The van der Waals surface area contributed by atoms with Crippen LogP contribution in [0, 0.1) is 11.8 Å². The number of rotatable bonds is 8. The first kappa shape index (κ1) is 17.7. The van der Waals surface area contributed by atoms with Crippen molar-refractivity contribution in [2.24, 2.45) is 0 Å². The maximum Gasteiger partial charge on any atom is 0.114 e. The largest absolute Gasteiger partial charge is 0.380 e. The smallest absolute Gasteiger partial charge is 0.114 e. The minimum Gasteiger partial charge on any atom is -0.380 e. The summed E-state index contributed by atoms with van der Waals surface area (Å²) in [5.41, 5.74) is 0.535. The summed E-state index contributed by atoms with van der Waals surface area (Å²) in [5, 5.41) is 9.87. The molecule has 0 heterocycles. The van der Waals surface area contributed by atoms with E-state index in [0.29, 0.717) is 5.54 Å². The lowest BCUT2D eigenvalue weighted by Crippen LogP contribution is -2.27. The number of hydrogen-bond donors (Lipinski definition) is 1. The summed E-state index contributed by atoms with van der Waals surface area (Å²) in [5.74, 6) is 6.45. The van der Waals surface area contributed by atoms with Crippen molar-refractivity contribution in [2.75, 3.05) is 0 Å². The van der Waals surface area contributed by atoms with Crippen molar-refractivity contribution in [1.82, 2.24) is 0 Å². The molecule has 1 N–H and O–H groups in total.